The van der Waals surface area contributed by atoms with Crippen LogP contribution in [0.1, 0.15) is 39.0 Å². The van der Waals surface area contributed by atoms with Crippen molar-refractivity contribution < 1.29 is 14.7 Å². The van der Waals surface area contributed by atoms with Gasteiger partial charge >= 0.3 is 5.97 Å². The number of carboxylic acid groups (broad SMARTS) is 1. The van der Waals surface area contributed by atoms with Crippen molar-refractivity contribution in [2.24, 2.45) is 5.92 Å². The number of rotatable bonds is 5. The molecule has 2 unspecified atom stereocenters. The molecule has 1 rings (SSSR count). The van der Waals surface area contributed by atoms with Crippen molar-refractivity contribution in [1.29, 1.82) is 0 Å². The fourth-order valence-corrected chi connectivity index (χ4v) is 1.99. The Bertz CT molecular complexity index is 227. The Morgan fingerprint density at radius 3 is 2.86 bits per heavy atom. The quantitative estimate of drug-likeness (QED) is 0.698. The molecule has 1 saturated heterocycles. The minimum absolute atomic E-state index is 0.101. The lowest BCUT2D eigenvalue weighted by Gasteiger charge is -2.21. The van der Waals surface area contributed by atoms with Crippen molar-refractivity contribution in [2.75, 3.05) is 0 Å². The second-order valence-electron chi connectivity index (χ2n) is 3.81. The monoisotopic (exact) mass is 199 g/mol. The lowest BCUT2D eigenvalue weighted by atomic mass is 9.91. The van der Waals surface area contributed by atoms with Crippen molar-refractivity contribution in [1.82, 2.24) is 5.32 Å². The number of hydrogen-bond donors (Lipinski definition) is 2. The molecule has 4 heteroatoms. The maximum atomic E-state index is 11.0. The zero-order valence-electron chi connectivity index (χ0n) is 8.45. The van der Waals surface area contributed by atoms with Gasteiger partial charge in [0, 0.05) is 18.9 Å². The van der Waals surface area contributed by atoms with Gasteiger partial charge in [0.25, 0.3) is 0 Å². The Hall–Kier alpha value is -1.06. The first kappa shape index (κ1) is 11.0. The molecule has 0 bridgehead atoms. The van der Waals surface area contributed by atoms with Gasteiger partial charge in [0.1, 0.15) is 0 Å². The first-order chi connectivity index (χ1) is 6.63. The van der Waals surface area contributed by atoms with Gasteiger partial charge in [-0.25, -0.2) is 0 Å². The van der Waals surface area contributed by atoms with E-state index in [1.807, 2.05) is 6.92 Å². The molecule has 0 aliphatic carbocycles. The maximum Gasteiger partial charge on any atom is 0.303 e. The highest BCUT2D eigenvalue weighted by Crippen LogP contribution is 2.22. The van der Waals surface area contributed by atoms with E-state index in [0.29, 0.717) is 18.8 Å². The van der Waals surface area contributed by atoms with Crippen LogP contribution in [0.3, 0.4) is 0 Å². The van der Waals surface area contributed by atoms with Crippen LogP contribution in [0.5, 0.6) is 0 Å². The molecule has 0 radical (unpaired) electrons. The maximum absolute atomic E-state index is 11.0. The standard InChI is InChI=1S/C10H17NO3/c1-2-7(3-6-10(13)14)8-4-5-9(12)11-8/h7-8H,2-6H2,1H3,(H,11,12)(H,13,14). The van der Waals surface area contributed by atoms with Gasteiger partial charge in [-0.1, -0.05) is 13.3 Å². The van der Waals surface area contributed by atoms with Crippen LogP contribution in [-0.2, 0) is 9.59 Å². The summed E-state index contributed by atoms with van der Waals surface area (Å²) in [5.74, 6) is -0.339. The van der Waals surface area contributed by atoms with Gasteiger partial charge in [0.2, 0.25) is 5.91 Å². The molecule has 2 atom stereocenters. The normalized spacial score (nSPS) is 23.2. The summed E-state index contributed by atoms with van der Waals surface area (Å²) in [7, 11) is 0. The molecule has 0 saturated carbocycles. The lowest BCUT2D eigenvalue weighted by Crippen LogP contribution is -2.32. The van der Waals surface area contributed by atoms with Crippen LogP contribution in [0, 0.1) is 5.92 Å². The van der Waals surface area contributed by atoms with Crippen LogP contribution in [0.15, 0.2) is 0 Å². The van der Waals surface area contributed by atoms with Crippen LogP contribution in [-0.4, -0.2) is 23.0 Å². The fraction of sp³-hybridized carbons (Fsp3) is 0.800. The first-order valence-electron chi connectivity index (χ1n) is 5.14. The number of hydrogen-bond acceptors (Lipinski definition) is 2. The Labute approximate surface area is 83.7 Å². The highest BCUT2D eigenvalue weighted by molar-refractivity contribution is 5.78. The third kappa shape index (κ3) is 3.01. The van der Waals surface area contributed by atoms with Gasteiger partial charge in [-0.3, -0.25) is 9.59 Å². The van der Waals surface area contributed by atoms with E-state index in [9.17, 15) is 9.59 Å². The van der Waals surface area contributed by atoms with E-state index in [1.54, 1.807) is 0 Å². The molecule has 1 heterocycles. The molecule has 0 aromatic rings. The molecule has 14 heavy (non-hydrogen) atoms. The smallest absolute Gasteiger partial charge is 0.303 e. The predicted octanol–water partition coefficient (Wildman–Crippen LogP) is 1.16. The molecular weight excluding hydrogens is 182 g/mol. The van der Waals surface area contributed by atoms with Crippen LogP contribution in [0.2, 0.25) is 0 Å². The summed E-state index contributed by atoms with van der Waals surface area (Å²) in [4.78, 5) is 21.4. The number of carbonyl (C=O) groups excluding carboxylic acids is 1. The predicted molar refractivity (Wildman–Crippen MR) is 51.8 cm³/mol. The van der Waals surface area contributed by atoms with Crippen molar-refractivity contribution >= 4 is 11.9 Å². The Kier molecular flexibility index (Phi) is 3.92. The highest BCUT2D eigenvalue weighted by atomic mass is 16.4. The van der Waals surface area contributed by atoms with Crippen molar-refractivity contribution in [2.45, 2.75) is 45.1 Å². The summed E-state index contributed by atoms with van der Waals surface area (Å²) in [6.45, 7) is 2.04. The third-order valence-corrected chi connectivity index (χ3v) is 2.85. The zero-order chi connectivity index (χ0) is 10.6. The number of amides is 1. The molecule has 1 aliphatic heterocycles. The van der Waals surface area contributed by atoms with E-state index >= 15 is 0 Å². The average molecular weight is 199 g/mol. The van der Waals surface area contributed by atoms with E-state index < -0.39 is 5.97 Å². The topological polar surface area (TPSA) is 66.4 Å². The minimum atomic E-state index is -0.757. The fourth-order valence-electron chi connectivity index (χ4n) is 1.99. The summed E-state index contributed by atoms with van der Waals surface area (Å²) in [6.07, 6.45) is 3.24. The minimum Gasteiger partial charge on any atom is -0.481 e. The molecule has 1 amide bonds. The van der Waals surface area contributed by atoms with Crippen LogP contribution >= 0.6 is 0 Å². The second-order valence-corrected chi connectivity index (χ2v) is 3.81. The molecular formula is C10H17NO3. The largest absolute Gasteiger partial charge is 0.481 e. The Morgan fingerprint density at radius 2 is 2.43 bits per heavy atom. The molecule has 1 fully saturated rings. The number of nitrogens with one attached hydrogen (secondary N) is 1. The zero-order valence-corrected chi connectivity index (χ0v) is 8.45. The van der Waals surface area contributed by atoms with Gasteiger partial charge < -0.3 is 10.4 Å². The molecule has 0 aromatic carbocycles. The second kappa shape index (κ2) is 4.98. The van der Waals surface area contributed by atoms with Gasteiger partial charge in [0.15, 0.2) is 0 Å². The Balaban J connectivity index is 2.37. The van der Waals surface area contributed by atoms with E-state index in [0.717, 1.165) is 12.8 Å². The number of aliphatic carboxylic acids is 1. The van der Waals surface area contributed by atoms with Gasteiger partial charge in [-0.05, 0) is 18.8 Å². The van der Waals surface area contributed by atoms with E-state index in [4.69, 9.17) is 5.11 Å². The molecule has 80 valence electrons. The van der Waals surface area contributed by atoms with Gasteiger partial charge in [-0.2, -0.15) is 0 Å². The van der Waals surface area contributed by atoms with E-state index in [1.165, 1.54) is 0 Å². The van der Waals surface area contributed by atoms with Crippen molar-refractivity contribution in [3.63, 3.8) is 0 Å². The summed E-state index contributed by atoms with van der Waals surface area (Å²) in [5, 5.41) is 11.5. The summed E-state index contributed by atoms with van der Waals surface area (Å²) in [6, 6.07) is 0.201. The number of carboxylic acids is 1. The SMILES string of the molecule is CCC(CCC(=O)O)C1CCC(=O)N1. The van der Waals surface area contributed by atoms with E-state index in [-0.39, 0.29) is 18.4 Å². The summed E-state index contributed by atoms with van der Waals surface area (Å²) >= 11 is 0. The average Bonchev–Trinajstić information content (AvgIpc) is 2.53. The number of carbonyl (C=O) groups is 2. The summed E-state index contributed by atoms with van der Waals surface area (Å²) < 4.78 is 0. The van der Waals surface area contributed by atoms with Gasteiger partial charge in [-0.15, -0.1) is 0 Å². The van der Waals surface area contributed by atoms with Crippen molar-refractivity contribution in [3.05, 3.63) is 0 Å². The van der Waals surface area contributed by atoms with Crippen LogP contribution < -0.4 is 5.32 Å². The molecule has 4 nitrogen and oxygen atoms in total. The Morgan fingerprint density at radius 1 is 1.71 bits per heavy atom. The lowest BCUT2D eigenvalue weighted by molar-refractivity contribution is -0.137. The third-order valence-electron chi connectivity index (χ3n) is 2.85. The molecule has 0 aromatic heterocycles. The van der Waals surface area contributed by atoms with Gasteiger partial charge in [0.05, 0.1) is 0 Å². The molecule has 1 aliphatic rings. The first-order valence-corrected chi connectivity index (χ1v) is 5.14. The van der Waals surface area contributed by atoms with E-state index in [2.05, 4.69) is 5.32 Å². The van der Waals surface area contributed by atoms with Crippen molar-refractivity contribution in [3.8, 4) is 0 Å². The van der Waals surface area contributed by atoms with Crippen LogP contribution in [0.25, 0.3) is 0 Å². The van der Waals surface area contributed by atoms with Crippen LogP contribution in [0.4, 0.5) is 0 Å². The highest BCUT2D eigenvalue weighted by Gasteiger charge is 2.27. The molecule has 2 N–H and O–H groups in total. The molecule has 0 spiro atoms. The summed E-state index contributed by atoms with van der Waals surface area (Å²) in [5.41, 5.74) is 0.